The van der Waals surface area contributed by atoms with Crippen molar-refractivity contribution in [3.8, 4) is 0 Å². The minimum absolute atomic E-state index is 0.776. The van der Waals surface area contributed by atoms with Crippen molar-refractivity contribution in [2.24, 2.45) is 9.98 Å². The first-order valence-electron chi connectivity index (χ1n) is 10.7. The molecule has 0 amide bonds. The molecule has 0 aliphatic carbocycles. The van der Waals surface area contributed by atoms with Gasteiger partial charge in [-0.15, -0.1) is 0 Å². The Kier molecular flexibility index (Phi) is 13.5. The summed E-state index contributed by atoms with van der Waals surface area (Å²) in [6.45, 7) is 18.0. The molecule has 0 fully saturated rings. The molecule has 0 saturated heterocycles. The van der Waals surface area contributed by atoms with Crippen LogP contribution in [0.2, 0.25) is 19.6 Å². The van der Waals surface area contributed by atoms with Crippen molar-refractivity contribution >= 4 is 59.6 Å². The summed E-state index contributed by atoms with van der Waals surface area (Å²) in [5.74, 6) is 0. The van der Waals surface area contributed by atoms with Gasteiger partial charge in [0.25, 0.3) is 0 Å². The van der Waals surface area contributed by atoms with Gasteiger partial charge in [0.05, 0.1) is 22.8 Å². The van der Waals surface area contributed by atoms with E-state index < -0.39 is 8.32 Å². The fourth-order valence-electron chi connectivity index (χ4n) is 3.01. The molecule has 0 heterocycles. The first-order valence-corrected chi connectivity index (χ1v) is 19.0. The van der Waals surface area contributed by atoms with Crippen LogP contribution in [0, 0.1) is 27.7 Å². The van der Waals surface area contributed by atoms with Gasteiger partial charge < -0.3 is 4.43 Å². The number of aliphatic imine (C=N–C) groups is 2. The molecule has 0 N–H and O–H groups in total. The molecule has 0 aliphatic heterocycles. The summed E-state index contributed by atoms with van der Waals surface area (Å²) in [6.07, 6.45) is 1.81. The predicted octanol–water partition coefficient (Wildman–Crippen LogP) is 9.11. The molecule has 2 aromatic rings. The summed E-state index contributed by atoms with van der Waals surface area (Å²) in [6, 6.07) is 12.8. The molecule has 0 bridgehead atoms. The van der Waals surface area contributed by atoms with Gasteiger partial charge >= 0.3 is 39.3 Å². The average molecular weight is 627 g/mol. The van der Waals surface area contributed by atoms with E-state index in [4.69, 9.17) is 14.4 Å². The second-order valence-corrected chi connectivity index (χ2v) is 18.4. The van der Waals surface area contributed by atoms with Crippen LogP contribution in [-0.2, 0) is 15.3 Å². The zero-order chi connectivity index (χ0) is 24.3. The molecule has 0 aliphatic rings. The van der Waals surface area contributed by atoms with E-state index in [1.54, 1.807) is 0 Å². The first-order chi connectivity index (χ1) is 15.0. The average Bonchev–Trinajstić information content (AvgIpc) is 2.69. The van der Waals surface area contributed by atoms with Gasteiger partial charge in [-0.2, -0.15) is 0 Å². The topological polar surface area (TPSA) is 34.0 Å². The van der Waals surface area contributed by atoms with Crippen molar-refractivity contribution < 1.29 is 15.3 Å². The van der Waals surface area contributed by atoms with Gasteiger partial charge in [0.2, 0.25) is 0 Å². The van der Waals surface area contributed by atoms with Crippen LogP contribution in [-0.4, -0.2) is 26.3 Å². The molecule has 32 heavy (non-hydrogen) atoms. The van der Waals surface area contributed by atoms with Crippen LogP contribution in [0.4, 0.5) is 11.4 Å². The van der Waals surface area contributed by atoms with E-state index in [1.165, 1.54) is 33.2 Å². The SMILES string of the molecule is CC(=Nc1cc(C)ccc1C)C(CCCO[Si](C)(C)C)=Nc1cc(C)ccc1C.[Br][Ni][Br]. The van der Waals surface area contributed by atoms with E-state index in [-0.39, 0.29) is 0 Å². The van der Waals surface area contributed by atoms with E-state index in [0.29, 0.717) is 0 Å². The summed E-state index contributed by atoms with van der Waals surface area (Å²) in [5.41, 5.74) is 8.88. The van der Waals surface area contributed by atoms with Crippen LogP contribution in [0.5, 0.6) is 0 Å². The van der Waals surface area contributed by atoms with Crippen LogP contribution in [0.1, 0.15) is 42.0 Å². The minimum atomic E-state index is -1.49. The second kappa shape index (κ2) is 14.6. The fraction of sp³-hybridized carbons (Fsp3) is 0.440. The Morgan fingerprint density at radius 1 is 0.875 bits per heavy atom. The number of hydrogen-bond acceptors (Lipinski definition) is 3. The third kappa shape index (κ3) is 11.5. The summed E-state index contributed by atoms with van der Waals surface area (Å²) in [4.78, 5) is 9.99. The van der Waals surface area contributed by atoms with Crippen molar-refractivity contribution in [1.82, 2.24) is 0 Å². The van der Waals surface area contributed by atoms with E-state index >= 15 is 0 Å². The van der Waals surface area contributed by atoms with Crippen LogP contribution in [0.15, 0.2) is 46.4 Å². The number of rotatable bonds is 8. The summed E-state index contributed by atoms with van der Waals surface area (Å²) in [7, 11) is -0.242. The maximum absolute atomic E-state index is 6.05. The summed E-state index contributed by atoms with van der Waals surface area (Å²) < 4.78 is 6.05. The van der Waals surface area contributed by atoms with Gasteiger partial charge in [-0.25, -0.2) is 0 Å². The molecule has 3 nitrogen and oxygen atoms in total. The quantitative estimate of drug-likeness (QED) is 0.163. The van der Waals surface area contributed by atoms with Gasteiger partial charge in [0.15, 0.2) is 8.32 Å². The van der Waals surface area contributed by atoms with E-state index in [9.17, 15) is 0 Å². The number of aryl methyl sites for hydroxylation is 4. The molecule has 0 unspecified atom stereocenters. The molecule has 2 aromatic carbocycles. The molecule has 0 saturated carbocycles. The summed E-state index contributed by atoms with van der Waals surface area (Å²) >= 11 is 6.00. The van der Waals surface area contributed by atoms with Crippen LogP contribution >= 0.6 is 28.5 Å². The van der Waals surface area contributed by atoms with E-state index in [0.717, 1.165) is 42.2 Å². The molecular weight excluding hydrogens is 591 g/mol. The van der Waals surface area contributed by atoms with E-state index in [2.05, 4.69) is 119 Å². The molecule has 0 aromatic heterocycles. The Morgan fingerprint density at radius 3 is 1.81 bits per heavy atom. The summed E-state index contributed by atoms with van der Waals surface area (Å²) in [5, 5.41) is 0. The Hall–Kier alpha value is -0.590. The molecule has 0 radical (unpaired) electrons. The Labute approximate surface area is 216 Å². The number of hydrogen-bond donors (Lipinski definition) is 0. The Balaban J connectivity index is 0.00000161. The van der Waals surface area contributed by atoms with Gasteiger partial charge in [-0.1, -0.05) is 24.3 Å². The normalized spacial score (nSPS) is 12.6. The van der Waals surface area contributed by atoms with E-state index in [1.807, 2.05) is 0 Å². The third-order valence-corrected chi connectivity index (χ3v) is 5.85. The fourth-order valence-corrected chi connectivity index (χ4v) is 3.76. The van der Waals surface area contributed by atoms with Gasteiger partial charge in [0.1, 0.15) is 0 Å². The van der Waals surface area contributed by atoms with Crippen molar-refractivity contribution in [1.29, 1.82) is 0 Å². The monoisotopic (exact) mass is 624 g/mol. The molecule has 7 heteroatoms. The van der Waals surface area contributed by atoms with Crippen molar-refractivity contribution in [3.05, 3.63) is 58.7 Å². The molecule has 0 atom stereocenters. The maximum atomic E-state index is 6.05. The second-order valence-electron chi connectivity index (χ2n) is 8.95. The third-order valence-electron chi connectivity index (χ3n) is 4.78. The number of halogens is 2. The van der Waals surface area contributed by atoms with Gasteiger partial charge in [-0.3, -0.25) is 9.98 Å². The molecule has 0 spiro atoms. The predicted molar refractivity (Wildman–Crippen MR) is 148 cm³/mol. The molecular formula is C25H36Br2N2NiOSi. The zero-order valence-electron chi connectivity index (χ0n) is 20.5. The molecule has 2 rings (SSSR count). The van der Waals surface area contributed by atoms with Crippen molar-refractivity contribution in [2.45, 2.75) is 67.1 Å². The first kappa shape index (κ1) is 29.4. The van der Waals surface area contributed by atoms with Gasteiger partial charge in [0, 0.05) is 6.61 Å². The van der Waals surface area contributed by atoms with Crippen molar-refractivity contribution in [3.63, 3.8) is 0 Å². The van der Waals surface area contributed by atoms with Crippen molar-refractivity contribution in [2.75, 3.05) is 6.61 Å². The van der Waals surface area contributed by atoms with Crippen LogP contribution in [0.25, 0.3) is 0 Å². The van der Waals surface area contributed by atoms with Crippen LogP contribution < -0.4 is 0 Å². The van der Waals surface area contributed by atoms with Gasteiger partial charge in [-0.05, 0) is 101 Å². The Morgan fingerprint density at radius 2 is 1.34 bits per heavy atom. The Bertz CT molecular complexity index is 940. The molecule has 180 valence electrons. The van der Waals surface area contributed by atoms with Crippen LogP contribution in [0.3, 0.4) is 0 Å². The zero-order valence-corrected chi connectivity index (χ0v) is 25.6. The number of nitrogens with zero attached hydrogens (tertiary/aromatic N) is 2. The standard InChI is InChI=1S/C25H36N2OSi.2BrH.Ni/c1-18-11-13-20(3)24(16-18)26-22(5)23(10-9-15-28-29(6,7)8)27-25-17-19(2)12-14-21(25)4;;;/h11-14,16-17H,9-10,15H2,1-8H3;2*1H;/q;;;+2/p-2. The number of benzene rings is 2.